The van der Waals surface area contributed by atoms with Crippen molar-refractivity contribution in [2.24, 2.45) is 0 Å². The summed E-state index contributed by atoms with van der Waals surface area (Å²) in [7, 11) is -6.09. The number of ether oxygens (including phenoxy) is 1. The Morgan fingerprint density at radius 3 is 2.33 bits per heavy atom. The van der Waals surface area contributed by atoms with E-state index in [4.69, 9.17) is 4.74 Å². The molecular weight excluding hydrogens is 425 g/mol. The first kappa shape index (κ1) is 23.5. The van der Waals surface area contributed by atoms with Gasteiger partial charge in [-0.15, -0.1) is 0 Å². The lowest BCUT2D eigenvalue weighted by molar-refractivity contribution is -0.0500. The molecule has 2 aromatic heterocycles. The lowest BCUT2D eigenvalue weighted by Gasteiger charge is -2.22. The van der Waals surface area contributed by atoms with Crippen LogP contribution in [0.4, 0.5) is 13.2 Å². The molecule has 164 valence electrons. The summed E-state index contributed by atoms with van der Waals surface area (Å²) in [5.41, 5.74) is -6.74. The molecule has 0 N–H and O–H groups in total. The Morgan fingerprint density at radius 2 is 1.87 bits per heavy atom. The number of carbonyl (C=O) groups is 1. The number of pyridine rings is 1. The maximum atomic E-state index is 13.0. The number of aryl methyl sites for hydroxylation is 1. The Labute approximate surface area is 171 Å². The zero-order valence-electron chi connectivity index (χ0n) is 17.0. The van der Waals surface area contributed by atoms with Crippen molar-refractivity contribution in [1.29, 1.82) is 0 Å². The summed E-state index contributed by atoms with van der Waals surface area (Å²) >= 11 is 0. The van der Waals surface area contributed by atoms with E-state index >= 15 is 0 Å². The third-order valence-corrected chi connectivity index (χ3v) is 4.69. The molecule has 0 aromatic carbocycles. The zero-order chi connectivity index (χ0) is 23.1. The largest absolute Gasteiger partial charge is 0.534 e. The highest BCUT2D eigenvalue weighted by Crippen LogP contribution is 2.37. The van der Waals surface area contributed by atoms with E-state index in [-0.39, 0.29) is 16.6 Å². The smallest absolute Gasteiger partial charge is 0.456 e. The van der Waals surface area contributed by atoms with Gasteiger partial charge in [-0.3, -0.25) is 0 Å². The summed E-state index contributed by atoms with van der Waals surface area (Å²) in [5.74, 6) is -1.88. The van der Waals surface area contributed by atoms with Gasteiger partial charge in [0.2, 0.25) is 0 Å². The highest BCUT2D eigenvalue weighted by atomic mass is 32.2. The number of nitrogens with zero attached hydrogens (tertiary/aromatic N) is 2. The Morgan fingerprint density at radius 1 is 1.27 bits per heavy atom. The van der Waals surface area contributed by atoms with E-state index in [9.17, 15) is 26.4 Å². The SMILES string of the molecule is C=Cc1c(/C=C\C)nn2cc(C)c(C(=O)OC(C)(C)C)c(OS(=O)(=O)C(F)(F)F)c12. The van der Waals surface area contributed by atoms with Crippen LogP contribution in [0.1, 0.15) is 54.9 Å². The lowest BCUT2D eigenvalue weighted by atomic mass is 10.1. The topological polar surface area (TPSA) is 87.0 Å². The van der Waals surface area contributed by atoms with Crippen LogP contribution in [0, 0.1) is 6.92 Å². The molecule has 0 radical (unpaired) electrons. The average molecular weight is 446 g/mol. The first-order valence-electron chi connectivity index (χ1n) is 8.68. The highest BCUT2D eigenvalue weighted by Gasteiger charge is 2.49. The van der Waals surface area contributed by atoms with Gasteiger partial charge >= 0.3 is 21.6 Å². The maximum absolute atomic E-state index is 13.0. The second-order valence-corrected chi connectivity index (χ2v) is 8.84. The number of allylic oxidation sites excluding steroid dienone is 1. The Kier molecular flexibility index (Phi) is 6.09. The van der Waals surface area contributed by atoms with Crippen molar-refractivity contribution >= 4 is 33.8 Å². The van der Waals surface area contributed by atoms with Crippen LogP contribution in [0.15, 0.2) is 18.9 Å². The molecule has 2 rings (SSSR count). The molecule has 0 bridgehead atoms. The number of hydrogen-bond acceptors (Lipinski definition) is 6. The third kappa shape index (κ3) is 4.50. The van der Waals surface area contributed by atoms with Crippen LogP contribution in [0.5, 0.6) is 5.75 Å². The Bertz CT molecular complexity index is 1140. The molecule has 0 atom stereocenters. The van der Waals surface area contributed by atoms with E-state index in [2.05, 4.69) is 15.9 Å². The number of halogens is 3. The van der Waals surface area contributed by atoms with Crippen molar-refractivity contribution < 1.29 is 35.3 Å². The summed E-state index contributed by atoms with van der Waals surface area (Å²) < 4.78 is 73.6. The van der Waals surface area contributed by atoms with Gasteiger partial charge in [-0.05, 0) is 46.3 Å². The number of esters is 1. The lowest BCUT2D eigenvalue weighted by Crippen LogP contribution is -2.30. The molecule has 0 spiro atoms. The van der Waals surface area contributed by atoms with E-state index in [1.807, 2.05) is 0 Å². The van der Waals surface area contributed by atoms with Crippen LogP contribution in [0.25, 0.3) is 17.7 Å². The quantitative estimate of drug-likeness (QED) is 0.382. The second-order valence-electron chi connectivity index (χ2n) is 7.30. The molecular formula is C19H21F3N2O5S. The predicted molar refractivity (Wildman–Crippen MR) is 105 cm³/mol. The minimum absolute atomic E-state index is 0.106. The van der Waals surface area contributed by atoms with Gasteiger partial charge < -0.3 is 8.92 Å². The minimum atomic E-state index is -6.09. The van der Waals surface area contributed by atoms with Gasteiger partial charge in [-0.1, -0.05) is 18.7 Å². The van der Waals surface area contributed by atoms with E-state index < -0.39 is 38.5 Å². The maximum Gasteiger partial charge on any atom is 0.534 e. The van der Waals surface area contributed by atoms with Crippen LogP contribution in [0.2, 0.25) is 0 Å². The van der Waals surface area contributed by atoms with Gasteiger partial charge in [0.05, 0.1) is 5.69 Å². The number of aromatic nitrogens is 2. The summed E-state index contributed by atoms with van der Waals surface area (Å²) in [4.78, 5) is 12.8. The summed E-state index contributed by atoms with van der Waals surface area (Å²) in [5, 5.41) is 4.21. The monoisotopic (exact) mass is 446 g/mol. The molecule has 2 aromatic rings. The first-order valence-corrected chi connectivity index (χ1v) is 10.1. The molecule has 0 fully saturated rings. The first-order chi connectivity index (χ1) is 13.6. The van der Waals surface area contributed by atoms with Crippen LogP contribution >= 0.6 is 0 Å². The molecule has 0 aliphatic heterocycles. The van der Waals surface area contributed by atoms with Gasteiger partial charge in [0.15, 0.2) is 5.75 Å². The predicted octanol–water partition coefficient (Wildman–Crippen LogP) is 4.50. The summed E-state index contributed by atoms with van der Waals surface area (Å²) in [6.45, 7) is 11.4. The Hall–Kier alpha value is -2.82. The van der Waals surface area contributed by atoms with Gasteiger partial charge in [-0.25, -0.2) is 9.31 Å². The van der Waals surface area contributed by atoms with Crippen molar-refractivity contribution in [3.05, 3.63) is 41.2 Å². The van der Waals surface area contributed by atoms with Crippen molar-refractivity contribution in [1.82, 2.24) is 9.61 Å². The van der Waals surface area contributed by atoms with Crippen molar-refractivity contribution in [2.75, 3.05) is 0 Å². The molecule has 0 amide bonds. The summed E-state index contributed by atoms with van der Waals surface area (Å²) in [6.07, 6.45) is 5.82. The zero-order valence-corrected chi connectivity index (χ0v) is 17.8. The number of fused-ring (bicyclic) bond motifs is 1. The molecule has 0 unspecified atom stereocenters. The third-order valence-electron chi connectivity index (χ3n) is 3.74. The Balaban J connectivity index is 2.96. The fraction of sp³-hybridized carbons (Fsp3) is 0.368. The van der Waals surface area contributed by atoms with Gasteiger partial charge in [0, 0.05) is 11.8 Å². The average Bonchev–Trinajstić information content (AvgIpc) is 2.88. The van der Waals surface area contributed by atoms with Crippen LogP contribution in [-0.2, 0) is 14.9 Å². The fourth-order valence-electron chi connectivity index (χ4n) is 2.63. The normalized spacial score (nSPS) is 13.1. The van der Waals surface area contributed by atoms with Crippen molar-refractivity contribution in [3.8, 4) is 5.75 Å². The van der Waals surface area contributed by atoms with Gasteiger partial charge in [0.25, 0.3) is 0 Å². The molecule has 11 heteroatoms. The second kappa shape index (κ2) is 7.78. The summed E-state index contributed by atoms with van der Waals surface area (Å²) in [6, 6.07) is 0. The van der Waals surface area contributed by atoms with Crippen LogP contribution in [0.3, 0.4) is 0 Å². The van der Waals surface area contributed by atoms with E-state index in [0.29, 0.717) is 5.69 Å². The molecule has 7 nitrogen and oxygen atoms in total. The molecule has 2 heterocycles. The fourth-order valence-corrected chi connectivity index (χ4v) is 3.11. The van der Waals surface area contributed by atoms with Gasteiger partial charge in [0.1, 0.15) is 16.7 Å². The number of hydrogen-bond donors (Lipinski definition) is 0. The van der Waals surface area contributed by atoms with Crippen LogP contribution < -0.4 is 4.18 Å². The van der Waals surface area contributed by atoms with Crippen LogP contribution in [-0.4, -0.2) is 35.1 Å². The van der Waals surface area contributed by atoms with E-state index in [1.165, 1.54) is 19.2 Å². The molecule has 0 aliphatic carbocycles. The van der Waals surface area contributed by atoms with E-state index in [0.717, 1.165) is 4.52 Å². The van der Waals surface area contributed by atoms with Crippen molar-refractivity contribution in [2.45, 2.75) is 45.7 Å². The molecule has 0 saturated heterocycles. The standard InChI is InChI=1S/C19H21F3N2O5S/c1-7-9-13-12(8-2)15-16(29-30(26,27)19(20,21)22)14(11(3)10-24(15)23-13)17(25)28-18(4,5)6/h7-10H,2H2,1,3-6H3/b9-7-. The van der Waals surface area contributed by atoms with Gasteiger partial charge in [-0.2, -0.15) is 26.7 Å². The number of alkyl halides is 3. The molecule has 0 aliphatic rings. The molecule has 0 saturated carbocycles. The number of rotatable bonds is 5. The highest BCUT2D eigenvalue weighted by molar-refractivity contribution is 7.88. The van der Waals surface area contributed by atoms with Crippen molar-refractivity contribution in [3.63, 3.8) is 0 Å². The minimum Gasteiger partial charge on any atom is -0.456 e. The number of carbonyl (C=O) groups excluding carboxylic acids is 1. The van der Waals surface area contributed by atoms with E-state index in [1.54, 1.807) is 39.8 Å². The molecule has 30 heavy (non-hydrogen) atoms.